The van der Waals surface area contributed by atoms with Gasteiger partial charge in [-0.3, -0.25) is 9.69 Å². The Morgan fingerprint density at radius 1 is 1.00 bits per heavy atom. The number of benzene rings is 2. The number of halogens is 4. The molecule has 10 heteroatoms. The fourth-order valence-corrected chi connectivity index (χ4v) is 5.01. The predicted molar refractivity (Wildman–Crippen MR) is 121 cm³/mol. The van der Waals surface area contributed by atoms with Crippen LogP contribution < -0.4 is 10.2 Å². The second-order valence-electron chi connectivity index (χ2n) is 9.05. The molecule has 2 aromatic rings. The fraction of sp³-hybridized carbons (Fsp3) is 0.417. The minimum Gasteiger partial charge on any atom is -0.369 e. The van der Waals surface area contributed by atoms with Crippen LogP contribution in [0, 0.1) is 5.92 Å². The second-order valence-corrected chi connectivity index (χ2v) is 9.48. The minimum atomic E-state index is -4.39. The third-order valence-corrected chi connectivity index (χ3v) is 7.13. The molecule has 2 aromatic carbocycles. The minimum absolute atomic E-state index is 0.0490. The van der Waals surface area contributed by atoms with Gasteiger partial charge in [-0.1, -0.05) is 29.8 Å². The Hall–Kier alpha value is -2.78. The summed E-state index contributed by atoms with van der Waals surface area (Å²) in [6.45, 7) is 2.17. The highest BCUT2D eigenvalue weighted by Crippen LogP contribution is 2.49. The first-order valence-corrected chi connectivity index (χ1v) is 11.6. The van der Waals surface area contributed by atoms with Crippen LogP contribution in [-0.4, -0.2) is 54.6 Å². The molecule has 2 aliphatic heterocycles. The van der Waals surface area contributed by atoms with E-state index in [1.54, 1.807) is 30.3 Å². The summed E-state index contributed by atoms with van der Waals surface area (Å²) in [6, 6.07) is 11.9. The van der Waals surface area contributed by atoms with Crippen molar-refractivity contribution in [1.29, 1.82) is 0 Å². The van der Waals surface area contributed by atoms with Gasteiger partial charge in [0.1, 0.15) is 5.54 Å². The van der Waals surface area contributed by atoms with Crippen molar-refractivity contribution >= 4 is 29.2 Å². The summed E-state index contributed by atoms with van der Waals surface area (Å²) in [5.74, 6) is -0.212. The normalized spacial score (nSPS) is 24.0. The van der Waals surface area contributed by atoms with E-state index in [1.165, 1.54) is 11.0 Å². The number of carbonyl (C=O) groups is 2. The Morgan fingerprint density at radius 2 is 1.68 bits per heavy atom. The largest absolute Gasteiger partial charge is 0.416 e. The molecule has 2 heterocycles. The predicted octanol–water partition coefficient (Wildman–Crippen LogP) is 4.30. The molecule has 0 aromatic heterocycles. The number of amides is 3. The molecular weight excluding hydrogens is 469 g/mol. The standard InChI is InChI=1S/C24H24ClF3N4O2/c25-19-8-6-17(7-9-19)23(16-4-5-16)21(33)32(22(34)29-23)15-30-10-12-31(13-11-30)20-3-1-2-18(14-20)24(26,27)28/h1-3,6-9,14,16H,4-5,10-13,15H2,(H,29,34). The van der Waals surface area contributed by atoms with Crippen LogP contribution in [0.2, 0.25) is 5.02 Å². The summed E-state index contributed by atoms with van der Waals surface area (Å²) in [5.41, 5.74) is -0.499. The molecule has 0 bridgehead atoms. The van der Waals surface area contributed by atoms with Crippen LogP contribution in [0.15, 0.2) is 48.5 Å². The number of anilines is 1. The molecule has 6 nitrogen and oxygen atoms in total. The lowest BCUT2D eigenvalue weighted by Gasteiger charge is -2.37. The van der Waals surface area contributed by atoms with Crippen LogP contribution in [-0.2, 0) is 16.5 Å². The second kappa shape index (κ2) is 8.46. The van der Waals surface area contributed by atoms with Gasteiger partial charge in [-0.25, -0.2) is 9.69 Å². The molecule has 2 saturated heterocycles. The van der Waals surface area contributed by atoms with E-state index in [9.17, 15) is 22.8 Å². The Bertz CT molecular complexity index is 1100. The van der Waals surface area contributed by atoms with E-state index in [2.05, 4.69) is 5.32 Å². The maximum atomic E-state index is 13.6. The molecule has 3 fully saturated rings. The Kier molecular flexibility index (Phi) is 5.72. The summed E-state index contributed by atoms with van der Waals surface area (Å²) in [7, 11) is 0. The average molecular weight is 493 g/mol. The number of nitrogens with zero attached hydrogens (tertiary/aromatic N) is 3. The molecule has 5 rings (SSSR count). The third kappa shape index (κ3) is 4.11. The van der Waals surface area contributed by atoms with Crippen LogP contribution >= 0.6 is 11.6 Å². The number of hydrogen-bond acceptors (Lipinski definition) is 4. The molecule has 3 aliphatic rings. The maximum Gasteiger partial charge on any atom is 0.416 e. The molecule has 1 unspecified atom stereocenters. The van der Waals surface area contributed by atoms with Crippen LogP contribution in [0.3, 0.4) is 0 Å². The lowest BCUT2D eigenvalue weighted by Crippen LogP contribution is -2.52. The van der Waals surface area contributed by atoms with Crippen LogP contribution in [0.4, 0.5) is 23.7 Å². The molecule has 1 saturated carbocycles. The van der Waals surface area contributed by atoms with Crippen molar-refractivity contribution in [2.24, 2.45) is 5.92 Å². The van der Waals surface area contributed by atoms with E-state index >= 15 is 0 Å². The van der Waals surface area contributed by atoms with Gasteiger partial charge in [0.15, 0.2) is 0 Å². The fourth-order valence-electron chi connectivity index (χ4n) is 4.89. The van der Waals surface area contributed by atoms with Crippen LogP contribution in [0.25, 0.3) is 0 Å². The first kappa shape index (κ1) is 23.0. The Morgan fingerprint density at radius 3 is 2.29 bits per heavy atom. The molecule has 1 atom stereocenters. The maximum absolute atomic E-state index is 13.6. The monoisotopic (exact) mass is 492 g/mol. The number of alkyl halides is 3. The molecule has 180 valence electrons. The smallest absolute Gasteiger partial charge is 0.369 e. The van der Waals surface area contributed by atoms with E-state index in [1.807, 2.05) is 9.80 Å². The van der Waals surface area contributed by atoms with Gasteiger partial charge in [-0.05, 0) is 54.7 Å². The number of imide groups is 1. The van der Waals surface area contributed by atoms with Crippen molar-refractivity contribution in [3.8, 4) is 0 Å². The van der Waals surface area contributed by atoms with Crippen LogP contribution in [0.1, 0.15) is 24.0 Å². The zero-order valence-electron chi connectivity index (χ0n) is 18.3. The van der Waals surface area contributed by atoms with Gasteiger partial charge in [0, 0.05) is 36.9 Å². The number of nitrogens with one attached hydrogen (secondary N) is 1. The molecule has 0 radical (unpaired) electrons. The van der Waals surface area contributed by atoms with Crippen molar-refractivity contribution in [2.45, 2.75) is 24.6 Å². The van der Waals surface area contributed by atoms with Gasteiger partial charge >= 0.3 is 12.2 Å². The highest BCUT2D eigenvalue weighted by Gasteiger charge is 2.60. The Labute approximate surface area is 200 Å². The number of urea groups is 1. The summed E-state index contributed by atoms with van der Waals surface area (Å²) in [4.78, 5) is 31.6. The molecule has 1 aliphatic carbocycles. The topological polar surface area (TPSA) is 55.9 Å². The zero-order chi connectivity index (χ0) is 24.1. The number of hydrogen-bond donors (Lipinski definition) is 1. The number of carbonyl (C=O) groups excluding carboxylic acids is 2. The molecular formula is C24H24ClF3N4O2. The van der Waals surface area contributed by atoms with E-state index in [0.717, 1.165) is 30.5 Å². The van der Waals surface area contributed by atoms with Gasteiger partial charge in [0.05, 0.1) is 12.2 Å². The highest BCUT2D eigenvalue weighted by molar-refractivity contribution is 6.30. The van der Waals surface area contributed by atoms with E-state index in [0.29, 0.717) is 36.9 Å². The van der Waals surface area contributed by atoms with Gasteiger partial charge in [-0.2, -0.15) is 13.2 Å². The molecule has 3 amide bonds. The first-order valence-electron chi connectivity index (χ1n) is 11.2. The number of rotatable bonds is 5. The van der Waals surface area contributed by atoms with E-state index < -0.39 is 23.3 Å². The summed E-state index contributed by atoms with van der Waals surface area (Å²) < 4.78 is 39.2. The SMILES string of the molecule is O=C1NC(c2ccc(Cl)cc2)(C2CC2)C(=O)N1CN1CCN(c2cccc(C(F)(F)F)c2)CC1. The van der Waals surface area contributed by atoms with Crippen molar-refractivity contribution < 1.29 is 22.8 Å². The van der Waals surface area contributed by atoms with Gasteiger partial charge in [0.25, 0.3) is 5.91 Å². The third-order valence-electron chi connectivity index (χ3n) is 6.87. The van der Waals surface area contributed by atoms with Crippen molar-refractivity contribution in [3.63, 3.8) is 0 Å². The van der Waals surface area contributed by atoms with Crippen molar-refractivity contribution in [3.05, 3.63) is 64.7 Å². The quantitative estimate of drug-likeness (QED) is 0.632. The molecule has 34 heavy (non-hydrogen) atoms. The summed E-state index contributed by atoms with van der Waals surface area (Å²) in [6.07, 6.45) is -2.67. The van der Waals surface area contributed by atoms with Gasteiger partial charge < -0.3 is 10.2 Å². The van der Waals surface area contributed by atoms with Crippen molar-refractivity contribution in [1.82, 2.24) is 15.1 Å². The van der Waals surface area contributed by atoms with Gasteiger partial charge in [0.2, 0.25) is 0 Å². The van der Waals surface area contributed by atoms with Crippen molar-refractivity contribution in [2.75, 3.05) is 37.7 Å². The molecule has 1 N–H and O–H groups in total. The number of piperazine rings is 1. The Balaban J connectivity index is 1.27. The first-order chi connectivity index (χ1) is 16.2. The lowest BCUT2D eigenvalue weighted by molar-refractivity contribution is -0.137. The summed E-state index contributed by atoms with van der Waals surface area (Å²) in [5, 5.41) is 3.52. The highest BCUT2D eigenvalue weighted by atomic mass is 35.5. The van der Waals surface area contributed by atoms with E-state index in [-0.39, 0.29) is 18.5 Å². The van der Waals surface area contributed by atoms with Crippen LogP contribution in [0.5, 0.6) is 0 Å². The molecule has 0 spiro atoms. The summed E-state index contributed by atoms with van der Waals surface area (Å²) >= 11 is 6.02. The average Bonchev–Trinajstić information content (AvgIpc) is 3.63. The zero-order valence-corrected chi connectivity index (χ0v) is 19.1. The van der Waals surface area contributed by atoms with Gasteiger partial charge in [-0.15, -0.1) is 0 Å². The lowest BCUT2D eigenvalue weighted by atomic mass is 9.85. The van der Waals surface area contributed by atoms with E-state index in [4.69, 9.17) is 11.6 Å².